The van der Waals surface area contributed by atoms with Gasteiger partial charge in [-0.15, -0.1) is 0 Å². The predicted octanol–water partition coefficient (Wildman–Crippen LogP) is 1.54. The quantitative estimate of drug-likeness (QED) is 0.683. The molecule has 0 radical (unpaired) electrons. The topological polar surface area (TPSA) is 70.9 Å². The Morgan fingerprint density at radius 3 is 2.14 bits per heavy atom. The Morgan fingerprint density at radius 2 is 1.64 bits per heavy atom. The first-order chi connectivity index (χ1) is 13.1. The van der Waals surface area contributed by atoms with Crippen molar-refractivity contribution in [2.75, 3.05) is 26.2 Å². The second kappa shape index (κ2) is 9.85. The molecule has 0 atom stereocenters. The minimum absolute atomic E-state index is 0.164. The molecular weight excluding hydrogens is 374 g/mol. The Morgan fingerprint density at radius 1 is 1.11 bits per heavy atom. The number of hydrogen-bond acceptors (Lipinski definition) is 3. The number of piperidine rings is 1. The molecule has 0 unspecified atom stereocenters. The van der Waals surface area contributed by atoms with Crippen LogP contribution in [0.4, 0.5) is 0 Å². The van der Waals surface area contributed by atoms with Crippen LogP contribution in [0.5, 0.6) is 0 Å². The molecule has 1 fully saturated rings. The molecule has 0 saturated carbocycles. The van der Waals surface area contributed by atoms with E-state index in [-0.39, 0.29) is 10.8 Å². The third-order valence-electron chi connectivity index (χ3n) is 5.68. The van der Waals surface area contributed by atoms with Crippen molar-refractivity contribution >= 4 is 15.9 Å². The van der Waals surface area contributed by atoms with Crippen LogP contribution >= 0.6 is 0 Å². The van der Waals surface area contributed by atoms with Gasteiger partial charge in [-0.2, -0.15) is 4.31 Å². The molecule has 0 aliphatic carbocycles. The number of nitrogens with zero attached hydrogens (tertiary/aromatic N) is 1. The summed E-state index contributed by atoms with van der Waals surface area (Å²) in [5.74, 6) is 0.407. The molecule has 0 spiro atoms. The number of sulfonamides is 1. The lowest BCUT2D eigenvalue weighted by molar-refractivity contribution is -0.941. The highest BCUT2D eigenvalue weighted by atomic mass is 32.2. The summed E-state index contributed by atoms with van der Waals surface area (Å²) in [6, 6.07) is 7.29. The summed E-state index contributed by atoms with van der Waals surface area (Å²) >= 11 is 0. The summed E-state index contributed by atoms with van der Waals surface area (Å²) in [6.07, 6.45) is 1.79. The van der Waals surface area contributed by atoms with E-state index < -0.39 is 10.0 Å². The Hall–Kier alpha value is -1.44. The fraction of sp³-hybridized carbons (Fsp3) is 0.667. The summed E-state index contributed by atoms with van der Waals surface area (Å²) in [6.45, 7) is 13.5. The highest BCUT2D eigenvalue weighted by molar-refractivity contribution is 7.89. The molecule has 1 aliphatic heterocycles. The molecule has 2 N–H and O–H groups in total. The van der Waals surface area contributed by atoms with Gasteiger partial charge in [-0.3, -0.25) is 4.79 Å². The summed E-state index contributed by atoms with van der Waals surface area (Å²) < 4.78 is 27.1. The zero-order valence-electron chi connectivity index (χ0n) is 17.9. The molecule has 2 rings (SSSR count). The highest BCUT2D eigenvalue weighted by Crippen LogP contribution is 2.23. The van der Waals surface area contributed by atoms with Crippen molar-refractivity contribution in [1.82, 2.24) is 9.62 Å². The van der Waals surface area contributed by atoms with E-state index in [4.69, 9.17) is 0 Å². The van der Waals surface area contributed by atoms with Gasteiger partial charge >= 0.3 is 0 Å². The summed E-state index contributed by atoms with van der Waals surface area (Å²) in [4.78, 5) is 14.1. The predicted molar refractivity (Wildman–Crippen MR) is 112 cm³/mol. The van der Waals surface area contributed by atoms with E-state index in [2.05, 4.69) is 39.9 Å². The smallest absolute Gasteiger partial charge is 0.251 e. The second-order valence-corrected chi connectivity index (χ2v) is 10.4. The van der Waals surface area contributed by atoms with Gasteiger partial charge in [-0.25, -0.2) is 8.42 Å². The largest absolute Gasteiger partial charge is 0.346 e. The molecule has 7 heteroatoms. The fourth-order valence-electron chi connectivity index (χ4n) is 3.82. The van der Waals surface area contributed by atoms with Crippen LogP contribution in [0.1, 0.15) is 57.8 Å². The van der Waals surface area contributed by atoms with Gasteiger partial charge < -0.3 is 10.2 Å². The van der Waals surface area contributed by atoms with Crippen LogP contribution in [0.3, 0.4) is 0 Å². The first-order valence-corrected chi connectivity index (χ1v) is 11.8. The average Bonchev–Trinajstić information content (AvgIpc) is 2.65. The summed E-state index contributed by atoms with van der Waals surface area (Å²) in [5.41, 5.74) is 0.488. The Labute approximate surface area is 170 Å². The summed E-state index contributed by atoms with van der Waals surface area (Å²) in [7, 11) is -3.48. The van der Waals surface area contributed by atoms with Gasteiger partial charge in [0.1, 0.15) is 0 Å². The van der Waals surface area contributed by atoms with Crippen molar-refractivity contribution < 1.29 is 18.1 Å². The molecule has 1 heterocycles. The van der Waals surface area contributed by atoms with E-state index in [0.717, 1.165) is 19.4 Å². The van der Waals surface area contributed by atoms with E-state index in [0.29, 0.717) is 43.2 Å². The van der Waals surface area contributed by atoms with Crippen molar-refractivity contribution in [2.45, 2.75) is 64.4 Å². The zero-order chi connectivity index (χ0) is 20.9. The number of rotatable bonds is 8. The minimum Gasteiger partial charge on any atom is -0.346 e. The zero-order valence-corrected chi connectivity index (χ0v) is 18.7. The molecule has 1 aromatic rings. The van der Waals surface area contributed by atoms with Crippen LogP contribution in [-0.4, -0.2) is 56.9 Å². The number of nitrogens with one attached hydrogen (secondary N) is 2. The second-order valence-electron chi connectivity index (χ2n) is 8.50. The number of carbonyl (C=O) groups is 1. The molecule has 28 heavy (non-hydrogen) atoms. The summed E-state index contributed by atoms with van der Waals surface area (Å²) in [5, 5.41) is 2.95. The third-order valence-corrected chi connectivity index (χ3v) is 7.59. The Balaban J connectivity index is 1.95. The van der Waals surface area contributed by atoms with Crippen molar-refractivity contribution in [1.29, 1.82) is 0 Å². The van der Waals surface area contributed by atoms with Crippen LogP contribution in [0.15, 0.2) is 29.2 Å². The van der Waals surface area contributed by atoms with Crippen molar-refractivity contribution in [3.8, 4) is 0 Å². The van der Waals surface area contributed by atoms with Crippen molar-refractivity contribution in [3.05, 3.63) is 29.8 Å². The maximum absolute atomic E-state index is 12.8. The fourth-order valence-corrected chi connectivity index (χ4v) is 5.29. The Kier molecular flexibility index (Phi) is 8.04. The maximum atomic E-state index is 12.8. The number of hydrogen-bond donors (Lipinski definition) is 2. The lowest BCUT2D eigenvalue weighted by atomic mass is 10.0. The molecule has 0 bridgehead atoms. The van der Waals surface area contributed by atoms with Crippen LogP contribution < -0.4 is 10.2 Å². The van der Waals surface area contributed by atoms with Gasteiger partial charge in [-0.05, 0) is 70.7 Å². The lowest BCUT2D eigenvalue weighted by Crippen LogP contribution is -3.18. The van der Waals surface area contributed by atoms with E-state index in [1.807, 2.05) is 0 Å². The third kappa shape index (κ3) is 5.78. The number of benzene rings is 1. The van der Waals surface area contributed by atoms with Crippen molar-refractivity contribution in [2.24, 2.45) is 5.92 Å². The first-order valence-electron chi connectivity index (χ1n) is 10.4. The highest BCUT2D eigenvalue weighted by Gasteiger charge is 2.28. The maximum Gasteiger partial charge on any atom is 0.251 e. The first kappa shape index (κ1) is 22.8. The Bertz CT molecular complexity index is 729. The van der Waals surface area contributed by atoms with E-state index >= 15 is 0 Å². The molecule has 0 aromatic heterocycles. The molecule has 1 aliphatic rings. The monoisotopic (exact) mass is 410 g/mol. The van der Waals surface area contributed by atoms with Gasteiger partial charge in [0, 0.05) is 18.7 Å². The van der Waals surface area contributed by atoms with Gasteiger partial charge in [0.2, 0.25) is 10.0 Å². The van der Waals surface area contributed by atoms with Crippen LogP contribution in [0.2, 0.25) is 0 Å². The minimum atomic E-state index is -3.48. The average molecular weight is 411 g/mol. The van der Waals surface area contributed by atoms with Crippen molar-refractivity contribution in [3.63, 3.8) is 0 Å². The van der Waals surface area contributed by atoms with Gasteiger partial charge in [0.15, 0.2) is 0 Å². The lowest BCUT2D eigenvalue weighted by Gasteiger charge is -2.29. The van der Waals surface area contributed by atoms with E-state index in [1.165, 1.54) is 4.90 Å². The molecule has 1 saturated heterocycles. The number of carbonyl (C=O) groups excluding carboxylic acids is 1. The number of quaternary nitrogens is 1. The normalized spacial score (nSPS) is 16.9. The van der Waals surface area contributed by atoms with Crippen LogP contribution in [0.25, 0.3) is 0 Å². The van der Waals surface area contributed by atoms with Crippen LogP contribution in [0, 0.1) is 5.92 Å². The van der Waals surface area contributed by atoms with E-state index in [9.17, 15) is 13.2 Å². The van der Waals surface area contributed by atoms with Gasteiger partial charge in [0.05, 0.1) is 30.1 Å². The molecular formula is C21H36N3O3S+. The molecule has 1 amide bonds. The SMILES string of the molecule is CC1CCN(S(=O)(=O)c2ccc(C(=O)NCC[NH+](C(C)C)C(C)C)cc2)CC1. The van der Waals surface area contributed by atoms with Gasteiger partial charge in [0.25, 0.3) is 5.91 Å². The standard InChI is InChI=1S/C21H35N3O3S/c1-16(2)24(17(3)4)15-12-22-21(25)19-6-8-20(9-7-19)28(26,27)23-13-10-18(5)11-14-23/h6-9,16-18H,10-15H2,1-5H3,(H,22,25)/p+1. The molecule has 1 aromatic carbocycles. The van der Waals surface area contributed by atoms with Gasteiger partial charge in [-0.1, -0.05) is 6.92 Å². The molecule has 6 nitrogen and oxygen atoms in total. The van der Waals surface area contributed by atoms with E-state index in [1.54, 1.807) is 28.6 Å². The number of amides is 1. The van der Waals surface area contributed by atoms with Crippen LogP contribution in [-0.2, 0) is 10.0 Å². The molecule has 158 valence electrons.